The van der Waals surface area contributed by atoms with E-state index in [1.165, 1.54) is 12.1 Å². The Morgan fingerprint density at radius 1 is 1.18 bits per heavy atom. The van der Waals surface area contributed by atoms with Crippen LogP contribution in [0.15, 0.2) is 24.3 Å². The third-order valence-corrected chi connectivity index (χ3v) is 6.17. The smallest absolute Gasteiger partial charge is 0.368 e. The van der Waals surface area contributed by atoms with Gasteiger partial charge in [-0.15, -0.1) is 12.4 Å². The lowest BCUT2D eigenvalue weighted by Crippen LogP contribution is -2.55. The van der Waals surface area contributed by atoms with E-state index in [1.807, 2.05) is 0 Å². The minimum Gasteiger partial charge on any atom is -0.368 e. The Morgan fingerprint density at radius 3 is 2.39 bits per heavy atom. The van der Waals surface area contributed by atoms with E-state index < -0.39 is 22.8 Å². The van der Waals surface area contributed by atoms with Gasteiger partial charge in [-0.3, -0.25) is 4.79 Å². The van der Waals surface area contributed by atoms with Crippen molar-refractivity contribution in [2.24, 2.45) is 0 Å². The molecule has 0 bridgehead atoms. The first-order valence-electron chi connectivity index (χ1n) is 9.53. The van der Waals surface area contributed by atoms with E-state index in [4.69, 9.17) is 4.74 Å². The van der Waals surface area contributed by atoms with E-state index in [-0.39, 0.29) is 18.3 Å². The SMILES string of the molecule is COC1(C(=O)NCC2(c3cccc(C(F)(F)F)c3)CCCC2)CCNCC1.Cl. The van der Waals surface area contributed by atoms with Gasteiger partial charge in [0.05, 0.1) is 5.56 Å². The summed E-state index contributed by atoms with van der Waals surface area (Å²) in [4.78, 5) is 12.9. The predicted octanol–water partition coefficient (Wildman–Crippen LogP) is 3.82. The lowest BCUT2D eigenvalue weighted by molar-refractivity contribution is -0.147. The van der Waals surface area contributed by atoms with Crippen LogP contribution in [0.2, 0.25) is 0 Å². The number of methoxy groups -OCH3 is 1. The fourth-order valence-electron chi connectivity index (χ4n) is 4.41. The molecule has 0 spiro atoms. The summed E-state index contributed by atoms with van der Waals surface area (Å²) in [6.45, 7) is 1.76. The molecular weight excluding hydrogens is 393 g/mol. The van der Waals surface area contributed by atoms with Crippen LogP contribution < -0.4 is 10.6 Å². The molecule has 0 aromatic heterocycles. The molecular formula is C20H28ClF3N2O2. The van der Waals surface area contributed by atoms with E-state index in [9.17, 15) is 18.0 Å². The van der Waals surface area contributed by atoms with Crippen LogP contribution >= 0.6 is 12.4 Å². The van der Waals surface area contributed by atoms with Gasteiger partial charge in [-0.2, -0.15) is 13.2 Å². The molecule has 1 aromatic carbocycles. The molecule has 1 saturated heterocycles. The molecule has 158 valence electrons. The maximum absolute atomic E-state index is 13.1. The molecule has 1 aromatic rings. The number of alkyl halides is 3. The van der Waals surface area contributed by atoms with E-state index in [2.05, 4.69) is 10.6 Å². The quantitative estimate of drug-likeness (QED) is 0.761. The van der Waals surface area contributed by atoms with Crippen molar-refractivity contribution in [1.82, 2.24) is 10.6 Å². The second-order valence-corrected chi connectivity index (χ2v) is 7.70. The number of hydrogen-bond donors (Lipinski definition) is 2. The second kappa shape index (κ2) is 9.01. The Bertz CT molecular complexity index is 670. The molecule has 8 heteroatoms. The maximum Gasteiger partial charge on any atom is 0.416 e. The Hall–Kier alpha value is -1.31. The van der Waals surface area contributed by atoms with Crippen LogP contribution in [0.3, 0.4) is 0 Å². The van der Waals surface area contributed by atoms with E-state index in [1.54, 1.807) is 13.2 Å². The highest BCUT2D eigenvalue weighted by molar-refractivity contribution is 5.85. The van der Waals surface area contributed by atoms with Gasteiger partial charge in [-0.1, -0.05) is 31.0 Å². The molecule has 4 nitrogen and oxygen atoms in total. The van der Waals surface area contributed by atoms with Gasteiger partial charge >= 0.3 is 6.18 Å². The molecule has 2 fully saturated rings. The largest absolute Gasteiger partial charge is 0.416 e. The zero-order chi connectivity index (χ0) is 19.5. The summed E-state index contributed by atoms with van der Waals surface area (Å²) in [5.41, 5.74) is -1.27. The summed E-state index contributed by atoms with van der Waals surface area (Å²) in [7, 11) is 1.54. The highest BCUT2D eigenvalue weighted by Gasteiger charge is 2.43. The molecule has 1 amide bonds. The zero-order valence-electron chi connectivity index (χ0n) is 16.0. The number of ether oxygens (including phenoxy) is 1. The third-order valence-electron chi connectivity index (χ3n) is 6.17. The molecule has 1 saturated carbocycles. The minimum atomic E-state index is -4.37. The van der Waals surface area contributed by atoms with Crippen LogP contribution in [-0.2, 0) is 21.1 Å². The molecule has 0 unspecified atom stereocenters. The summed E-state index contributed by atoms with van der Waals surface area (Å²) >= 11 is 0. The van der Waals surface area contributed by atoms with Crippen molar-refractivity contribution in [3.05, 3.63) is 35.4 Å². The number of hydrogen-bond acceptors (Lipinski definition) is 3. The van der Waals surface area contributed by atoms with E-state index in [0.717, 1.165) is 31.7 Å². The molecule has 3 rings (SSSR count). The molecule has 1 aliphatic heterocycles. The topological polar surface area (TPSA) is 50.4 Å². The molecule has 1 heterocycles. The number of benzene rings is 1. The van der Waals surface area contributed by atoms with Gasteiger partial charge in [-0.05, 0) is 50.4 Å². The summed E-state index contributed by atoms with van der Waals surface area (Å²) in [5, 5.41) is 6.22. The van der Waals surface area contributed by atoms with Gasteiger partial charge in [0.1, 0.15) is 5.60 Å². The van der Waals surface area contributed by atoms with Crippen molar-refractivity contribution in [2.45, 2.75) is 55.7 Å². The number of carbonyl (C=O) groups excluding carboxylic acids is 1. The first-order chi connectivity index (χ1) is 12.8. The van der Waals surface area contributed by atoms with Crippen LogP contribution in [0.4, 0.5) is 13.2 Å². The normalized spacial score (nSPS) is 21.0. The number of nitrogens with one attached hydrogen (secondary N) is 2. The molecule has 1 aliphatic carbocycles. The summed E-state index contributed by atoms with van der Waals surface area (Å²) in [5.74, 6) is -0.162. The van der Waals surface area contributed by atoms with Crippen LogP contribution in [0, 0.1) is 0 Å². The lowest BCUT2D eigenvalue weighted by Gasteiger charge is -2.37. The number of halogens is 4. The molecule has 0 radical (unpaired) electrons. The second-order valence-electron chi connectivity index (χ2n) is 7.70. The third kappa shape index (κ3) is 4.63. The summed E-state index contributed by atoms with van der Waals surface area (Å²) in [6.07, 6.45) is 0.259. The number of rotatable bonds is 5. The number of amides is 1. The average Bonchev–Trinajstić information content (AvgIpc) is 3.16. The van der Waals surface area contributed by atoms with Crippen molar-refractivity contribution < 1.29 is 22.7 Å². The van der Waals surface area contributed by atoms with Crippen molar-refractivity contribution in [1.29, 1.82) is 0 Å². The van der Waals surface area contributed by atoms with Crippen LogP contribution in [0.25, 0.3) is 0 Å². The predicted molar refractivity (Wildman–Crippen MR) is 104 cm³/mol. The fourth-order valence-corrected chi connectivity index (χ4v) is 4.41. The minimum absolute atomic E-state index is 0. The van der Waals surface area contributed by atoms with Crippen molar-refractivity contribution >= 4 is 18.3 Å². The molecule has 0 atom stereocenters. The summed E-state index contributed by atoms with van der Waals surface area (Å²) in [6, 6.07) is 5.56. The van der Waals surface area contributed by atoms with Gasteiger partial charge in [0.15, 0.2) is 0 Å². The van der Waals surface area contributed by atoms with Crippen molar-refractivity contribution in [2.75, 3.05) is 26.7 Å². The van der Waals surface area contributed by atoms with Crippen molar-refractivity contribution in [3.63, 3.8) is 0 Å². The lowest BCUT2D eigenvalue weighted by atomic mass is 9.78. The van der Waals surface area contributed by atoms with Crippen LogP contribution in [0.1, 0.15) is 49.7 Å². The standard InChI is InChI=1S/C20H27F3N2O2.ClH/c1-27-19(9-11-24-12-10-19)17(26)25-14-18(7-2-3-8-18)15-5-4-6-16(13-15)20(21,22)23;/h4-6,13,24H,2-3,7-12,14H2,1H3,(H,25,26);1H. The monoisotopic (exact) mass is 420 g/mol. The van der Waals surface area contributed by atoms with Gasteiger partial charge in [0.25, 0.3) is 5.91 Å². The first kappa shape index (κ1) is 23.0. The van der Waals surface area contributed by atoms with Gasteiger partial charge in [0, 0.05) is 19.1 Å². The number of carbonyl (C=O) groups is 1. The van der Waals surface area contributed by atoms with Crippen LogP contribution in [0.5, 0.6) is 0 Å². The average molecular weight is 421 g/mol. The highest BCUT2D eigenvalue weighted by Crippen LogP contribution is 2.42. The Labute approximate surface area is 170 Å². The Kier molecular flexibility index (Phi) is 7.39. The number of piperidine rings is 1. The molecule has 2 aliphatic rings. The molecule has 28 heavy (non-hydrogen) atoms. The summed E-state index contributed by atoms with van der Waals surface area (Å²) < 4.78 is 45.0. The van der Waals surface area contributed by atoms with Gasteiger partial charge < -0.3 is 15.4 Å². The van der Waals surface area contributed by atoms with Gasteiger partial charge in [-0.25, -0.2) is 0 Å². The first-order valence-corrected chi connectivity index (χ1v) is 9.53. The molecule has 2 N–H and O–H groups in total. The van der Waals surface area contributed by atoms with E-state index in [0.29, 0.717) is 38.0 Å². The maximum atomic E-state index is 13.1. The fraction of sp³-hybridized carbons (Fsp3) is 0.650. The Morgan fingerprint density at radius 2 is 1.82 bits per heavy atom. The zero-order valence-corrected chi connectivity index (χ0v) is 16.8. The van der Waals surface area contributed by atoms with Crippen LogP contribution in [-0.4, -0.2) is 38.3 Å². The van der Waals surface area contributed by atoms with Crippen molar-refractivity contribution in [3.8, 4) is 0 Å². The highest BCUT2D eigenvalue weighted by atomic mass is 35.5. The van der Waals surface area contributed by atoms with Gasteiger partial charge in [0.2, 0.25) is 0 Å². The van der Waals surface area contributed by atoms with E-state index >= 15 is 0 Å². The Balaban J connectivity index is 0.00000280.